The van der Waals surface area contributed by atoms with Crippen molar-refractivity contribution >= 4 is 11.6 Å². The molecule has 158 valence electrons. The molecule has 5 heteroatoms. The van der Waals surface area contributed by atoms with Gasteiger partial charge in [0.2, 0.25) is 0 Å². The minimum atomic E-state index is -0.211. The Morgan fingerprint density at radius 2 is 1.74 bits per heavy atom. The molecular weight excluding hydrogens is 386 g/mol. The fraction of sp³-hybridized carbons (Fsp3) is 0.308. The normalized spacial score (nSPS) is 20.2. The number of carbonyl (C=O) groups is 1. The van der Waals surface area contributed by atoms with Crippen LogP contribution in [0.2, 0.25) is 0 Å². The lowest BCUT2D eigenvalue weighted by Gasteiger charge is -2.35. The predicted molar refractivity (Wildman–Crippen MR) is 122 cm³/mol. The van der Waals surface area contributed by atoms with Crippen LogP contribution in [-0.4, -0.2) is 22.7 Å². The molecule has 0 spiro atoms. The zero-order chi connectivity index (χ0) is 21.7. The molecule has 0 bridgehead atoms. The minimum Gasteiger partial charge on any atom is -0.497 e. The van der Waals surface area contributed by atoms with Crippen LogP contribution in [0.15, 0.2) is 59.8 Å². The first-order chi connectivity index (χ1) is 15.0. The van der Waals surface area contributed by atoms with Gasteiger partial charge in [0.15, 0.2) is 5.78 Å². The third kappa shape index (κ3) is 3.25. The summed E-state index contributed by atoms with van der Waals surface area (Å²) in [6.45, 7) is 6.25. The first-order valence-corrected chi connectivity index (χ1v) is 10.8. The second-order valence-electron chi connectivity index (χ2n) is 8.75. The highest BCUT2D eigenvalue weighted by Crippen LogP contribution is 2.45. The van der Waals surface area contributed by atoms with Gasteiger partial charge >= 0.3 is 0 Å². The lowest BCUT2D eigenvalue weighted by molar-refractivity contribution is -0.117. The molecule has 2 heterocycles. The van der Waals surface area contributed by atoms with Crippen LogP contribution in [0.3, 0.4) is 0 Å². The highest BCUT2D eigenvalue weighted by atomic mass is 16.5. The maximum Gasteiger partial charge on any atom is 0.163 e. The van der Waals surface area contributed by atoms with Gasteiger partial charge in [-0.15, -0.1) is 0 Å². The largest absolute Gasteiger partial charge is 0.497 e. The molecule has 1 aliphatic carbocycles. The molecule has 2 unspecified atom stereocenters. The van der Waals surface area contributed by atoms with E-state index in [1.807, 2.05) is 23.7 Å². The van der Waals surface area contributed by atoms with Crippen LogP contribution in [0.25, 0.3) is 11.1 Å². The van der Waals surface area contributed by atoms with Crippen molar-refractivity contribution in [2.24, 2.45) is 5.92 Å². The molecule has 0 saturated heterocycles. The number of rotatable bonds is 3. The number of anilines is 1. The molecule has 3 aromatic rings. The van der Waals surface area contributed by atoms with E-state index in [0.29, 0.717) is 12.3 Å². The maximum absolute atomic E-state index is 13.2. The molecule has 0 fully saturated rings. The smallest absolute Gasteiger partial charge is 0.163 e. The summed E-state index contributed by atoms with van der Waals surface area (Å²) in [7, 11) is 1.67. The summed E-state index contributed by atoms with van der Waals surface area (Å²) in [6.07, 6.45) is 1.46. The summed E-state index contributed by atoms with van der Waals surface area (Å²) in [5, 5.41) is 8.55. The summed E-state index contributed by atoms with van der Waals surface area (Å²) in [6, 6.07) is 16.3. The van der Waals surface area contributed by atoms with E-state index < -0.39 is 0 Å². The molecule has 0 amide bonds. The SMILES string of the molecule is COc1ccc(-c2c(C)nn3c2NC2=C(C(=O)CC(C)C2)C3c2ccc(C)cc2)cc1. The monoisotopic (exact) mass is 413 g/mol. The molecule has 31 heavy (non-hydrogen) atoms. The van der Waals surface area contributed by atoms with Gasteiger partial charge in [0.05, 0.1) is 12.8 Å². The standard InChI is InChI=1S/C26H27N3O2/c1-15-5-7-19(8-6-15)25-24-21(13-16(2)14-22(24)30)27-26-23(17(3)28-29(25)26)18-9-11-20(31-4)12-10-18/h5-12,16,25,27H,13-14H2,1-4H3. The number of benzene rings is 2. The Kier molecular flexibility index (Phi) is 4.69. The number of fused-ring (bicyclic) bond motifs is 1. The lowest BCUT2D eigenvalue weighted by Crippen LogP contribution is -2.33. The summed E-state index contributed by atoms with van der Waals surface area (Å²) < 4.78 is 7.33. The highest BCUT2D eigenvalue weighted by Gasteiger charge is 2.39. The Morgan fingerprint density at radius 3 is 2.42 bits per heavy atom. The Labute approximate surface area is 182 Å². The zero-order valence-electron chi connectivity index (χ0n) is 18.4. The van der Waals surface area contributed by atoms with Crippen molar-refractivity contribution in [1.29, 1.82) is 0 Å². The lowest BCUT2D eigenvalue weighted by atomic mass is 9.81. The van der Waals surface area contributed by atoms with E-state index in [9.17, 15) is 4.79 Å². The molecule has 0 radical (unpaired) electrons. The van der Waals surface area contributed by atoms with Crippen LogP contribution >= 0.6 is 0 Å². The van der Waals surface area contributed by atoms with Crippen molar-refractivity contribution in [2.45, 2.75) is 39.7 Å². The molecule has 5 nitrogen and oxygen atoms in total. The Balaban J connectivity index is 1.71. The molecule has 0 saturated carbocycles. The number of Topliss-reactive ketones (excluding diaryl/α,β-unsaturated/α-hetero) is 1. The van der Waals surface area contributed by atoms with Crippen LogP contribution in [-0.2, 0) is 4.79 Å². The third-order valence-electron chi connectivity index (χ3n) is 6.36. The summed E-state index contributed by atoms with van der Waals surface area (Å²) in [5.74, 6) is 2.33. The van der Waals surface area contributed by atoms with Crippen molar-refractivity contribution in [3.05, 3.63) is 76.6 Å². The van der Waals surface area contributed by atoms with E-state index in [-0.39, 0.29) is 11.8 Å². The molecule has 1 N–H and O–H groups in total. The Morgan fingerprint density at radius 1 is 1.03 bits per heavy atom. The van der Waals surface area contributed by atoms with E-state index in [1.165, 1.54) is 5.56 Å². The van der Waals surface area contributed by atoms with Gasteiger partial charge in [-0.1, -0.05) is 48.9 Å². The molecule has 2 aromatic carbocycles. The predicted octanol–water partition coefficient (Wildman–Crippen LogP) is 5.44. The average molecular weight is 414 g/mol. The summed E-state index contributed by atoms with van der Waals surface area (Å²) in [4.78, 5) is 13.2. The molecule has 2 atom stereocenters. The molecule has 5 rings (SSSR count). The Hall–Kier alpha value is -3.34. The molecule has 2 aliphatic rings. The van der Waals surface area contributed by atoms with E-state index in [2.05, 4.69) is 55.6 Å². The number of hydrogen-bond donors (Lipinski definition) is 1. The van der Waals surface area contributed by atoms with Crippen molar-refractivity contribution in [3.8, 4) is 16.9 Å². The third-order valence-corrected chi connectivity index (χ3v) is 6.36. The number of aryl methyl sites for hydroxylation is 2. The van der Waals surface area contributed by atoms with Gasteiger partial charge in [0, 0.05) is 23.3 Å². The van der Waals surface area contributed by atoms with Crippen molar-refractivity contribution in [2.75, 3.05) is 12.4 Å². The van der Waals surface area contributed by atoms with Gasteiger partial charge in [-0.2, -0.15) is 5.10 Å². The number of nitrogens with zero attached hydrogens (tertiary/aromatic N) is 2. The van der Waals surface area contributed by atoms with Gasteiger partial charge in [0.25, 0.3) is 0 Å². The van der Waals surface area contributed by atoms with Crippen LogP contribution < -0.4 is 10.1 Å². The van der Waals surface area contributed by atoms with Gasteiger partial charge in [0.1, 0.15) is 17.6 Å². The first kappa shape index (κ1) is 19.6. The van der Waals surface area contributed by atoms with Crippen LogP contribution in [0.4, 0.5) is 5.82 Å². The van der Waals surface area contributed by atoms with E-state index in [0.717, 1.165) is 51.6 Å². The van der Waals surface area contributed by atoms with Crippen molar-refractivity contribution in [3.63, 3.8) is 0 Å². The van der Waals surface area contributed by atoms with Gasteiger partial charge < -0.3 is 10.1 Å². The second-order valence-corrected chi connectivity index (χ2v) is 8.75. The quantitative estimate of drug-likeness (QED) is 0.621. The first-order valence-electron chi connectivity index (χ1n) is 10.8. The fourth-order valence-corrected chi connectivity index (χ4v) is 4.84. The zero-order valence-corrected chi connectivity index (χ0v) is 18.4. The number of ether oxygens (including phenoxy) is 1. The number of aromatic nitrogens is 2. The summed E-state index contributed by atoms with van der Waals surface area (Å²) in [5.41, 5.74) is 7.27. The highest BCUT2D eigenvalue weighted by molar-refractivity contribution is 6.00. The maximum atomic E-state index is 13.2. The minimum absolute atomic E-state index is 0.211. The van der Waals surface area contributed by atoms with Crippen LogP contribution in [0.1, 0.15) is 42.6 Å². The number of ketones is 1. The number of nitrogens with one attached hydrogen (secondary N) is 1. The van der Waals surface area contributed by atoms with Crippen LogP contribution in [0, 0.1) is 19.8 Å². The summed E-state index contributed by atoms with van der Waals surface area (Å²) >= 11 is 0. The molecule has 1 aromatic heterocycles. The van der Waals surface area contributed by atoms with E-state index >= 15 is 0 Å². The van der Waals surface area contributed by atoms with Gasteiger partial charge in [-0.25, -0.2) is 4.68 Å². The number of carbonyl (C=O) groups excluding carboxylic acids is 1. The Bertz CT molecular complexity index is 1190. The van der Waals surface area contributed by atoms with E-state index in [4.69, 9.17) is 9.84 Å². The average Bonchev–Trinajstić information content (AvgIpc) is 3.08. The van der Waals surface area contributed by atoms with Crippen molar-refractivity contribution < 1.29 is 9.53 Å². The topological polar surface area (TPSA) is 56.1 Å². The molecule has 1 aliphatic heterocycles. The van der Waals surface area contributed by atoms with Gasteiger partial charge in [-0.3, -0.25) is 4.79 Å². The van der Waals surface area contributed by atoms with Crippen LogP contribution in [0.5, 0.6) is 5.75 Å². The van der Waals surface area contributed by atoms with Crippen molar-refractivity contribution in [1.82, 2.24) is 9.78 Å². The fourth-order valence-electron chi connectivity index (χ4n) is 4.84. The number of allylic oxidation sites excluding steroid dienone is 2. The second kappa shape index (κ2) is 7.41. The molecular formula is C26H27N3O2. The van der Waals surface area contributed by atoms with E-state index in [1.54, 1.807) is 7.11 Å². The number of methoxy groups -OCH3 is 1. The van der Waals surface area contributed by atoms with Gasteiger partial charge in [-0.05, 0) is 49.4 Å². The number of hydrogen-bond acceptors (Lipinski definition) is 4.